The highest BCUT2D eigenvalue weighted by atomic mass is 79.9. The highest BCUT2D eigenvalue weighted by Gasteiger charge is 2.15. The van der Waals surface area contributed by atoms with E-state index in [1.807, 2.05) is 13.0 Å². The molecule has 1 N–H and O–H groups in total. The predicted molar refractivity (Wildman–Crippen MR) is 78.8 cm³/mol. The van der Waals surface area contributed by atoms with Gasteiger partial charge < -0.3 is 9.52 Å². The van der Waals surface area contributed by atoms with E-state index in [-0.39, 0.29) is 5.56 Å². The molecule has 5 heteroatoms. The Balaban J connectivity index is 2.40. The summed E-state index contributed by atoms with van der Waals surface area (Å²) < 4.78 is 5.87. The number of carboxylic acids is 1. The average molecular weight is 332 g/mol. The molecule has 0 saturated heterocycles. The molecule has 3 aromatic rings. The van der Waals surface area contributed by atoms with Gasteiger partial charge >= 0.3 is 5.97 Å². The number of carbonyl (C=O) groups is 1. The minimum absolute atomic E-state index is 0.232. The normalized spacial score (nSPS) is 10.9. The van der Waals surface area contributed by atoms with Gasteiger partial charge in [0.2, 0.25) is 0 Å². The second-order valence-electron chi connectivity index (χ2n) is 4.49. The standard InChI is InChI=1S/C15H10BrNO3/c1-8-4-10(16)5-11-12(15(18)19)6-13(17-14(8)11)9-2-3-20-7-9/h2-7H,1H3,(H,18,19). The minimum atomic E-state index is -0.973. The summed E-state index contributed by atoms with van der Waals surface area (Å²) in [5, 5.41) is 10.0. The number of benzene rings is 1. The fourth-order valence-electron chi connectivity index (χ4n) is 2.19. The van der Waals surface area contributed by atoms with E-state index in [2.05, 4.69) is 20.9 Å². The monoisotopic (exact) mass is 331 g/mol. The lowest BCUT2D eigenvalue weighted by Gasteiger charge is -2.08. The van der Waals surface area contributed by atoms with Gasteiger partial charge in [0.1, 0.15) is 0 Å². The van der Waals surface area contributed by atoms with Gasteiger partial charge in [0.25, 0.3) is 0 Å². The van der Waals surface area contributed by atoms with Gasteiger partial charge in [0.15, 0.2) is 0 Å². The van der Waals surface area contributed by atoms with Gasteiger partial charge in [-0.15, -0.1) is 0 Å². The third-order valence-corrected chi connectivity index (χ3v) is 3.57. The summed E-state index contributed by atoms with van der Waals surface area (Å²) in [6.07, 6.45) is 3.09. The largest absolute Gasteiger partial charge is 0.478 e. The zero-order chi connectivity index (χ0) is 14.3. The zero-order valence-electron chi connectivity index (χ0n) is 10.6. The van der Waals surface area contributed by atoms with Crippen molar-refractivity contribution >= 4 is 32.8 Å². The molecule has 0 aliphatic rings. The van der Waals surface area contributed by atoms with Crippen molar-refractivity contribution in [1.82, 2.24) is 4.98 Å². The molecule has 0 unspecified atom stereocenters. The number of aromatic carboxylic acids is 1. The Labute approximate surface area is 123 Å². The first kappa shape index (κ1) is 12.9. The fraction of sp³-hybridized carbons (Fsp3) is 0.0667. The molecule has 0 bridgehead atoms. The van der Waals surface area contributed by atoms with Crippen LogP contribution < -0.4 is 0 Å². The average Bonchev–Trinajstić information content (AvgIpc) is 2.91. The molecular weight excluding hydrogens is 322 g/mol. The Morgan fingerprint density at radius 2 is 2.15 bits per heavy atom. The lowest BCUT2D eigenvalue weighted by molar-refractivity contribution is 0.0699. The number of fused-ring (bicyclic) bond motifs is 1. The Kier molecular flexibility index (Phi) is 3.06. The van der Waals surface area contributed by atoms with Crippen molar-refractivity contribution in [2.24, 2.45) is 0 Å². The molecule has 2 heterocycles. The van der Waals surface area contributed by atoms with Crippen molar-refractivity contribution in [1.29, 1.82) is 0 Å². The summed E-state index contributed by atoms with van der Waals surface area (Å²) in [6.45, 7) is 1.91. The third kappa shape index (κ3) is 2.10. The van der Waals surface area contributed by atoms with E-state index >= 15 is 0 Å². The highest BCUT2D eigenvalue weighted by Crippen LogP contribution is 2.29. The Morgan fingerprint density at radius 3 is 2.80 bits per heavy atom. The predicted octanol–water partition coefficient (Wildman–Crippen LogP) is 4.26. The van der Waals surface area contributed by atoms with E-state index in [9.17, 15) is 9.90 Å². The van der Waals surface area contributed by atoms with Crippen LogP contribution in [0, 0.1) is 6.92 Å². The molecule has 0 radical (unpaired) electrons. The fourth-order valence-corrected chi connectivity index (χ4v) is 2.76. The summed E-state index contributed by atoms with van der Waals surface area (Å²) in [7, 11) is 0. The molecule has 0 aliphatic heterocycles. The highest BCUT2D eigenvalue weighted by molar-refractivity contribution is 9.10. The van der Waals surface area contributed by atoms with E-state index in [4.69, 9.17) is 4.42 Å². The molecule has 0 amide bonds. The number of aryl methyl sites for hydroxylation is 1. The van der Waals surface area contributed by atoms with Crippen LogP contribution in [-0.2, 0) is 0 Å². The van der Waals surface area contributed by atoms with Crippen LogP contribution >= 0.6 is 15.9 Å². The number of hydrogen-bond donors (Lipinski definition) is 1. The number of hydrogen-bond acceptors (Lipinski definition) is 3. The molecule has 0 aliphatic carbocycles. The van der Waals surface area contributed by atoms with Crippen molar-refractivity contribution in [3.63, 3.8) is 0 Å². The van der Waals surface area contributed by atoms with Crippen LogP contribution in [-0.4, -0.2) is 16.1 Å². The summed E-state index contributed by atoms with van der Waals surface area (Å²) in [4.78, 5) is 16.1. The van der Waals surface area contributed by atoms with E-state index in [0.29, 0.717) is 16.6 Å². The molecule has 0 fully saturated rings. The molecule has 100 valence electrons. The van der Waals surface area contributed by atoms with Crippen LogP contribution in [0.4, 0.5) is 0 Å². The van der Waals surface area contributed by atoms with Gasteiger partial charge in [-0.2, -0.15) is 0 Å². The quantitative estimate of drug-likeness (QED) is 0.761. The maximum atomic E-state index is 11.5. The lowest BCUT2D eigenvalue weighted by atomic mass is 10.0. The number of carboxylic acid groups (broad SMARTS) is 1. The number of nitrogens with zero attached hydrogens (tertiary/aromatic N) is 1. The van der Waals surface area contributed by atoms with Gasteiger partial charge in [0.05, 0.1) is 29.3 Å². The van der Waals surface area contributed by atoms with Gasteiger partial charge in [-0.1, -0.05) is 15.9 Å². The molecule has 2 aromatic heterocycles. The van der Waals surface area contributed by atoms with E-state index in [0.717, 1.165) is 15.6 Å². The Bertz CT molecular complexity index is 810. The molecule has 20 heavy (non-hydrogen) atoms. The summed E-state index contributed by atoms with van der Waals surface area (Å²) >= 11 is 3.39. The van der Waals surface area contributed by atoms with Crippen molar-refractivity contribution in [3.8, 4) is 11.3 Å². The summed E-state index contributed by atoms with van der Waals surface area (Å²) in [5.74, 6) is -0.973. The smallest absolute Gasteiger partial charge is 0.336 e. The topological polar surface area (TPSA) is 63.3 Å². The maximum Gasteiger partial charge on any atom is 0.336 e. The lowest BCUT2D eigenvalue weighted by Crippen LogP contribution is -2.01. The molecule has 4 nitrogen and oxygen atoms in total. The van der Waals surface area contributed by atoms with E-state index in [1.165, 1.54) is 6.26 Å². The van der Waals surface area contributed by atoms with Crippen LogP contribution in [0.1, 0.15) is 15.9 Å². The molecule has 3 rings (SSSR count). The summed E-state index contributed by atoms with van der Waals surface area (Å²) in [6, 6.07) is 7.02. The second-order valence-corrected chi connectivity index (χ2v) is 5.41. The second kappa shape index (κ2) is 4.76. The van der Waals surface area contributed by atoms with E-state index in [1.54, 1.807) is 24.5 Å². The van der Waals surface area contributed by atoms with Crippen molar-refractivity contribution in [2.75, 3.05) is 0 Å². The zero-order valence-corrected chi connectivity index (χ0v) is 12.1. The number of halogens is 1. The molecule has 1 aromatic carbocycles. The molecule has 0 spiro atoms. The summed E-state index contributed by atoms with van der Waals surface area (Å²) in [5.41, 5.74) is 3.19. The van der Waals surface area contributed by atoms with Gasteiger partial charge in [-0.3, -0.25) is 0 Å². The third-order valence-electron chi connectivity index (χ3n) is 3.12. The van der Waals surface area contributed by atoms with Gasteiger partial charge in [-0.05, 0) is 36.8 Å². The molecular formula is C15H10BrNO3. The van der Waals surface area contributed by atoms with Crippen LogP contribution in [0.3, 0.4) is 0 Å². The number of pyridine rings is 1. The first-order chi connectivity index (χ1) is 9.56. The number of furan rings is 1. The Hall–Kier alpha value is -2.14. The van der Waals surface area contributed by atoms with Crippen LogP contribution in [0.15, 0.2) is 45.7 Å². The van der Waals surface area contributed by atoms with Crippen LogP contribution in [0.2, 0.25) is 0 Å². The first-order valence-corrected chi connectivity index (χ1v) is 6.72. The molecule has 0 saturated carbocycles. The molecule has 0 atom stereocenters. The minimum Gasteiger partial charge on any atom is -0.478 e. The first-order valence-electron chi connectivity index (χ1n) is 5.93. The number of aromatic nitrogens is 1. The van der Waals surface area contributed by atoms with Crippen molar-refractivity contribution in [2.45, 2.75) is 6.92 Å². The SMILES string of the molecule is Cc1cc(Br)cc2c(C(=O)O)cc(-c3ccoc3)nc12. The number of rotatable bonds is 2. The Morgan fingerprint density at radius 1 is 1.35 bits per heavy atom. The van der Waals surface area contributed by atoms with E-state index < -0.39 is 5.97 Å². The van der Waals surface area contributed by atoms with Crippen molar-refractivity contribution in [3.05, 3.63) is 52.4 Å². The van der Waals surface area contributed by atoms with Crippen LogP contribution in [0.5, 0.6) is 0 Å². The van der Waals surface area contributed by atoms with Crippen LogP contribution in [0.25, 0.3) is 22.2 Å². The van der Waals surface area contributed by atoms with Crippen molar-refractivity contribution < 1.29 is 14.3 Å². The maximum absolute atomic E-state index is 11.5. The van der Waals surface area contributed by atoms with Gasteiger partial charge in [-0.25, -0.2) is 9.78 Å². The van der Waals surface area contributed by atoms with Gasteiger partial charge in [0, 0.05) is 15.4 Å².